The molecule has 4 fully saturated rings. The van der Waals surface area contributed by atoms with Gasteiger partial charge in [-0.15, -0.1) is 0 Å². The van der Waals surface area contributed by atoms with Gasteiger partial charge in [-0.3, -0.25) is 0 Å². The molecule has 11 nitrogen and oxygen atoms in total. The van der Waals surface area contributed by atoms with Crippen molar-refractivity contribution in [2.45, 2.75) is 112 Å². The van der Waals surface area contributed by atoms with Crippen molar-refractivity contribution in [1.82, 2.24) is 0 Å². The molecule has 0 aromatic heterocycles. The molecule has 2 saturated carbocycles. The average Bonchev–Trinajstić information content (AvgIpc) is 2.79. The molecule has 0 spiro atoms. The van der Waals surface area contributed by atoms with Gasteiger partial charge < -0.3 is 54.7 Å². The summed E-state index contributed by atoms with van der Waals surface area (Å²) in [6.45, 7) is -0.563. The van der Waals surface area contributed by atoms with E-state index in [0.717, 1.165) is 0 Å². The van der Waals surface area contributed by atoms with Crippen LogP contribution in [0, 0.1) is 11.8 Å². The van der Waals surface area contributed by atoms with Gasteiger partial charge in [-0.05, 0) is 44.4 Å². The van der Waals surface area contributed by atoms with Crippen molar-refractivity contribution in [3.63, 3.8) is 0 Å². The summed E-state index contributed by atoms with van der Waals surface area (Å²) in [5.74, 6) is -0.336. The highest BCUT2D eigenvalue weighted by Crippen LogP contribution is 2.43. The molecule has 0 aromatic rings. The zero-order chi connectivity index (χ0) is 23.9. The molecule has 0 aromatic carbocycles. The highest BCUT2D eigenvalue weighted by molar-refractivity contribution is 4.99. The van der Waals surface area contributed by atoms with E-state index in [9.17, 15) is 35.7 Å². The first-order valence-corrected chi connectivity index (χ1v) is 11.9. The standard InChI is InChI=1S/C22H38O11/c1-30-15-4-9(2-3-12(15)25)21-16(7-11-13(26)5-10(24)6-14(11)31-21)32-22-20(29)19(28)18(27)17(8-23)33-22/h9-29H,2-8H2,1H3/t9?,10?,11?,12?,13?,14?,15?,16?,17-,18+,19+,20-,21?,22+/m1/s1. The molecule has 4 aliphatic rings. The van der Waals surface area contributed by atoms with E-state index in [4.69, 9.17) is 18.9 Å². The number of aliphatic hydroxyl groups excluding tert-OH is 7. The topological polar surface area (TPSA) is 179 Å². The molecule has 7 N–H and O–H groups in total. The maximum atomic E-state index is 10.6. The SMILES string of the molecule is COC1CC(C2OC3CC(O)CC(O)C3CC2O[C@H]2O[C@H](CO)[C@H](O)[C@H](O)[C@H]2O)CCC1O. The van der Waals surface area contributed by atoms with E-state index >= 15 is 0 Å². The fourth-order valence-electron chi connectivity index (χ4n) is 5.99. The van der Waals surface area contributed by atoms with Gasteiger partial charge in [-0.25, -0.2) is 0 Å². The second-order valence-corrected chi connectivity index (χ2v) is 10.0. The lowest BCUT2D eigenvalue weighted by Gasteiger charge is -2.51. The molecular weight excluding hydrogens is 440 g/mol. The number of fused-ring (bicyclic) bond motifs is 1. The van der Waals surface area contributed by atoms with Crippen LogP contribution < -0.4 is 0 Å². The van der Waals surface area contributed by atoms with Gasteiger partial charge in [0, 0.05) is 13.0 Å². The Morgan fingerprint density at radius 2 is 1.55 bits per heavy atom. The number of rotatable bonds is 5. The van der Waals surface area contributed by atoms with Gasteiger partial charge in [-0.2, -0.15) is 0 Å². The lowest BCUT2D eigenvalue weighted by molar-refractivity contribution is -0.333. The smallest absolute Gasteiger partial charge is 0.187 e. The third kappa shape index (κ3) is 5.24. The number of ether oxygens (including phenoxy) is 4. The minimum absolute atomic E-state index is 0.0506. The Kier molecular flexibility index (Phi) is 8.29. The van der Waals surface area contributed by atoms with Gasteiger partial charge in [0.1, 0.15) is 24.4 Å². The van der Waals surface area contributed by atoms with Crippen molar-refractivity contribution in [1.29, 1.82) is 0 Å². The largest absolute Gasteiger partial charge is 0.394 e. The molecule has 2 aliphatic carbocycles. The zero-order valence-electron chi connectivity index (χ0n) is 18.8. The van der Waals surface area contributed by atoms with Crippen LogP contribution in [0.3, 0.4) is 0 Å². The average molecular weight is 479 g/mol. The highest BCUT2D eigenvalue weighted by Gasteiger charge is 2.51. The van der Waals surface area contributed by atoms with E-state index in [0.29, 0.717) is 32.1 Å². The Labute approximate surface area is 192 Å². The zero-order valence-corrected chi connectivity index (χ0v) is 18.8. The summed E-state index contributed by atoms with van der Waals surface area (Å²) in [7, 11) is 1.55. The quantitative estimate of drug-likeness (QED) is 0.225. The summed E-state index contributed by atoms with van der Waals surface area (Å²) in [6, 6.07) is 0. The molecule has 0 bridgehead atoms. The fourth-order valence-corrected chi connectivity index (χ4v) is 5.99. The lowest BCUT2D eigenvalue weighted by atomic mass is 9.72. The molecule has 14 atom stereocenters. The Morgan fingerprint density at radius 3 is 2.24 bits per heavy atom. The highest BCUT2D eigenvalue weighted by atomic mass is 16.7. The van der Waals surface area contributed by atoms with Crippen LogP contribution in [0.15, 0.2) is 0 Å². The predicted octanol–water partition coefficient (Wildman–Crippen LogP) is -2.36. The van der Waals surface area contributed by atoms with Crippen molar-refractivity contribution >= 4 is 0 Å². The molecule has 33 heavy (non-hydrogen) atoms. The molecule has 192 valence electrons. The second kappa shape index (κ2) is 10.7. The van der Waals surface area contributed by atoms with Crippen molar-refractivity contribution in [2.24, 2.45) is 11.8 Å². The number of hydrogen-bond acceptors (Lipinski definition) is 11. The number of hydrogen-bond donors (Lipinski definition) is 7. The summed E-state index contributed by atoms with van der Waals surface area (Å²) < 4.78 is 23.5. The Bertz CT molecular complexity index is 635. The van der Waals surface area contributed by atoms with E-state index in [-0.39, 0.29) is 30.5 Å². The monoisotopic (exact) mass is 478 g/mol. The molecular formula is C22H38O11. The molecule has 2 aliphatic heterocycles. The minimum atomic E-state index is -1.56. The Hall–Kier alpha value is -0.440. The summed E-state index contributed by atoms with van der Waals surface area (Å²) in [5, 5.41) is 71.1. The normalized spacial score (nSPS) is 53.5. The van der Waals surface area contributed by atoms with Crippen molar-refractivity contribution in [2.75, 3.05) is 13.7 Å². The fraction of sp³-hybridized carbons (Fsp3) is 1.00. The Balaban J connectivity index is 1.54. The van der Waals surface area contributed by atoms with Gasteiger partial charge in [0.05, 0.1) is 49.3 Å². The molecule has 2 saturated heterocycles. The summed E-state index contributed by atoms with van der Waals surface area (Å²) in [6.07, 6.45) is -8.13. The van der Waals surface area contributed by atoms with Crippen molar-refractivity contribution in [3.8, 4) is 0 Å². The van der Waals surface area contributed by atoms with Crippen LogP contribution in [0.25, 0.3) is 0 Å². The third-order valence-corrected chi connectivity index (χ3v) is 7.91. The van der Waals surface area contributed by atoms with Crippen LogP contribution in [0.1, 0.15) is 38.5 Å². The summed E-state index contributed by atoms with van der Waals surface area (Å²) in [4.78, 5) is 0. The molecule has 0 radical (unpaired) electrons. The predicted molar refractivity (Wildman–Crippen MR) is 111 cm³/mol. The molecule has 2 heterocycles. The van der Waals surface area contributed by atoms with Crippen LogP contribution in [0.2, 0.25) is 0 Å². The summed E-state index contributed by atoms with van der Waals surface area (Å²) >= 11 is 0. The van der Waals surface area contributed by atoms with E-state index in [1.165, 1.54) is 0 Å². The van der Waals surface area contributed by atoms with Crippen LogP contribution in [0.4, 0.5) is 0 Å². The first kappa shape index (κ1) is 25.6. The van der Waals surface area contributed by atoms with E-state index in [1.54, 1.807) is 7.11 Å². The van der Waals surface area contributed by atoms with Gasteiger partial charge in [-0.1, -0.05) is 0 Å². The molecule has 11 heteroatoms. The number of aliphatic hydroxyl groups is 7. The summed E-state index contributed by atoms with van der Waals surface area (Å²) in [5.41, 5.74) is 0. The van der Waals surface area contributed by atoms with E-state index in [1.807, 2.05) is 0 Å². The van der Waals surface area contributed by atoms with Crippen LogP contribution in [-0.4, -0.2) is 123 Å². The second-order valence-electron chi connectivity index (χ2n) is 10.0. The van der Waals surface area contributed by atoms with Gasteiger partial charge in [0.25, 0.3) is 0 Å². The van der Waals surface area contributed by atoms with Gasteiger partial charge in [0.2, 0.25) is 0 Å². The number of methoxy groups -OCH3 is 1. The van der Waals surface area contributed by atoms with Crippen molar-refractivity contribution < 1.29 is 54.7 Å². The molecule has 4 rings (SSSR count). The first-order chi connectivity index (χ1) is 15.7. The van der Waals surface area contributed by atoms with Crippen LogP contribution >= 0.6 is 0 Å². The van der Waals surface area contributed by atoms with Crippen LogP contribution in [-0.2, 0) is 18.9 Å². The third-order valence-electron chi connectivity index (χ3n) is 7.91. The van der Waals surface area contributed by atoms with Gasteiger partial charge in [0.15, 0.2) is 6.29 Å². The van der Waals surface area contributed by atoms with Gasteiger partial charge >= 0.3 is 0 Å². The molecule has 0 amide bonds. The maximum absolute atomic E-state index is 10.6. The van der Waals surface area contributed by atoms with Crippen LogP contribution in [0.5, 0.6) is 0 Å². The lowest BCUT2D eigenvalue weighted by Crippen LogP contribution is -2.62. The maximum Gasteiger partial charge on any atom is 0.187 e. The first-order valence-electron chi connectivity index (χ1n) is 11.9. The minimum Gasteiger partial charge on any atom is -0.394 e. The Morgan fingerprint density at radius 1 is 0.788 bits per heavy atom. The van der Waals surface area contributed by atoms with E-state index < -0.39 is 67.8 Å². The van der Waals surface area contributed by atoms with E-state index in [2.05, 4.69) is 0 Å². The molecule has 9 unspecified atom stereocenters. The van der Waals surface area contributed by atoms with Crippen molar-refractivity contribution in [3.05, 3.63) is 0 Å².